The smallest absolute Gasteiger partial charge is 0.344 e. The van der Waals surface area contributed by atoms with Crippen LogP contribution in [0.1, 0.15) is 27.9 Å². The molecule has 0 bridgehead atoms. The van der Waals surface area contributed by atoms with Crippen LogP contribution in [0.4, 0.5) is 0 Å². The fourth-order valence-electron chi connectivity index (χ4n) is 2.67. The number of hydrogen-bond acceptors (Lipinski definition) is 5. The van der Waals surface area contributed by atoms with Crippen molar-refractivity contribution in [3.8, 4) is 5.75 Å². The predicted molar refractivity (Wildman–Crippen MR) is 88.8 cm³/mol. The van der Waals surface area contributed by atoms with Crippen LogP contribution in [0.5, 0.6) is 5.75 Å². The Bertz CT molecular complexity index is 742. The van der Waals surface area contributed by atoms with Gasteiger partial charge in [0.1, 0.15) is 12.4 Å². The molecule has 0 aliphatic heterocycles. The molecule has 0 saturated heterocycles. The van der Waals surface area contributed by atoms with Gasteiger partial charge in [0.25, 0.3) is 0 Å². The summed E-state index contributed by atoms with van der Waals surface area (Å²) in [7, 11) is 0. The first-order valence-corrected chi connectivity index (χ1v) is 7.88. The molecule has 5 nitrogen and oxygen atoms in total. The number of nitrogens with two attached hydrogens (primary N) is 1. The second-order valence-electron chi connectivity index (χ2n) is 5.76. The Kier molecular flexibility index (Phi) is 4.91. The Hall–Kier alpha value is -2.66. The molecule has 0 saturated carbocycles. The van der Waals surface area contributed by atoms with E-state index in [0.717, 1.165) is 17.5 Å². The van der Waals surface area contributed by atoms with E-state index in [2.05, 4.69) is 0 Å². The van der Waals surface area contributed by atoms with Crippen molar-refractivity contribution in [3.63, 3.8) is 0 Å². The van der Waals surface area contributed by atoms with E-state index in [1.807, 2.05) is 30.3 Å². The fraction of sp³-hybridized carbons (Fsp3) is 0.263. The number of carbonyl (C=O) groups excluding carboxylic acids is 2. The van der Waals surface area contributed by atoms with E-state index in [9.17, 15) is 9.59 Å². The first kappa shape index (κ1) is 16.2. The third-order valence-electron chi connectivity index (χ3n) is 4.00. The van der Waals surface area contributed by atoms with Gasteiger partial charge in [0.2, 0.25) is 0 Å². The van der Waals surface area contributed by atoms with Gasteiger partial charge in [0.05, 0.1) is 6.04 Å². The van der Waals surface area contributed by atoms with Crippen LogP contribution < -0.4 is 10.5 Å². The summed E-state index contributed by atoms with van der Waals surface area (Å²) < 4.78 is 10.6. The van der Waals surface area contributed by atoms with Crippen LogP contribution in [-0.4, -0.2) is 24.4 Å². The van der Waals surface area contributed by atoms with Crippen molar-refractivity contribution in [1.29, 1.82) is 0 Å². The van der Waals surface area contributed by atoms with Crippen LogP contribution in [0.25, 0.3) is 0 Å². The molecule has 0 heterocycles. The average Bonchev–Trinajstić information content (AvgIpc) is 2.62. The molecule has 1 aliphatic carbocycles. The number of hydrogen-bond donors (Lipinski definition) is 1. The monoisotopic (exact) mass is 325 g/mol. The summed E-state index contributed by atoms with van der Waals surface area (Å²) in [5.74, 6) is 0.0772. The lowest BCUT2D eigenvalue weighted by Crippen LogP contribution is -2.35. The molecule has 0 aromatic heterocycles. The van der Waals surface area contributed by atoms with Gasteiger partial charge in [-0.05, 0) is 42.2 Å². The maximum Gasteiger partial charge on any atom is 0.344 e. The molecule has 1 aliphatic rings. The lowest BCUT2D eigenvalue weighted by molar-refractivity contribution is -0.147. The van der Waals surface area contributed by atoms with Crippen LogP contribution in [0.15, 0.2) is 48.5 Å². The number of carbonyl (C=O) groups is 2. The highest BCUT2D eigenvalue weighted by molar-refractivity contribution is 6.02. The van der Waals surface area contributed by atoms with E-state index in [0.29, 0.717) is 17.7 Å². The van der Waals surface area contributed by atoms with Gasteiger partial charge in [0, 0.05) is 5.56 Å². The molecule has 5 heteroatoms. The quantitative estimate of drug-likeness (QED) is 0.853. The largest absolute Gasteiger partial charge is 0.482 e. The summed E-state index contributed by atoms with van der Waals surface area (Å²) in [6.45, 7) is 0.0543. The molecule has 2 N–H and O–H groups in total. The van der Waals surface area contributed by atoms with Crippen molar-refractivity contribution < 1.29 is 19.1 Å². The molecule has 3 rings (SSSR count). The molecule has 0 spiro atoms. The molecule has 24 heavy (non-hydrogen) atoms. The van der Waals surface area contributed by atoms with Gasteiger partial charge >= 0.3 is 5.97 Å². The van der Waals surface area contributed by atoms with E-state index >= 15 is 0 Å². The Labute approximate surface area is 140 Å². The average molecular weight is 325 g/mol. The zero-order valence-corrected chi connectivity index (χ0v) is 13.2. The minimum Gasteiger partial charge on any atom is -0.482 e. The summed E-state index contributed by atoms with van der Waals surface area (Å²) in [5.41, 5.74) is 8.25. The minimum atomic E-state index is -0.435. The third-order valence-corrected chi connectivity index (χ3v) is 4.00. The van der Waals surface area contributed by atoms with Crippen LogP contribution in [0, 0.1) is 0 Å². The zero-order valence-electron chi connectivity index (χ0n) is 13.2. The Balaban J connectivity index is 1.53. The summed E-state index contributed by atoms with van der Waals surface area (Å²) in [6.07, 6.45) is 1.37. The van der Waals surface area contributed by atoms with E-state index < -0.39 is 12.0 Å². The molecule has 124 valence electrons. The summed E-state index contributed by atoms with van der Waals surface area (Å²) >= 11 is 0. The van der Waals surface area contributed by atoms with Crippen molar-refractivity contribution in [2.75, 3.05) is 6.61 Å². The van der Waals surface area contributed by atoms with Crippen molar-refractivity contribution >= 4 is 11.8 Å². The van der Waals surface area contributed by atoms with Crippen LogP contribution in [0.3, 0.4) is 0 Å². The second kappa shape index (κ2) is 7.27. The van der Waals surface area contributed by atoms with Crippen molar-refractivity contribution in [2.45, 2.75) is 25.5 Å². The van der Waals surface area contributed by atoms with Crippen molar-refractivity contribution in [2.24, 2.45) is 5.73 Å². The van der Waals surface area contributed by atoms with Crippen LogP contribution >= 0.6 is 0 Å². The fourth-order valence-corrected chi connectivity index (χ4v) is 2.67. The maximum absolute atomic E-state index is 12.0. The first-order chi connectivity index (χ1) is 11.6. The van der Waals surface area contributed by atoms with Gasteiger partial charge in [0.15, 0.2) is 12.4 Å². The number of fused-ring (bicyclic) bond motifs is 1. The van der Waals surface area contributed by atoms with E-state index in [1.54, 1.807) is 18.2 Å². The van der Waals surface area contributed by atoms with Gasteiger partial charge in [-0.3, -0.25) is 4.79 Å². The predicted octanol–water partition coefficient (Wildman–Crippen LogP) is 2.26. The normalized spacial score (nSPS) is 16.4. The molecule has 1 atom stereocenters. The van der Waals surface area contributed by atoms with Crippen molar-refractivity contribution in [1.82, 2.24) is 0 Å². The van der Waals surface area contributed by atoms with E-state index in [-0.39, 0.29) is 19.0 Å². The number of rotatable bonds is 5. The topological polar surface area (TPSA) is 78.6 Å². The Morgan fingerprint density at radius 2 is 1.96 bits per heavy atom. The second-order valence-corrected chi connectivity index (χ2v) is 5.76. The lowest BCUT2D eigenvalue weighted by atomic mass is 9.87. The standard InChI is InChI=1S/C19H19NO4/c20-17-9-6-14-10-15(7-8-16(14)19(17)22)23-12-18(21)24-11-13-4-2-1-3-5-13/h1-5,7-8,10,17H,6,9,11-12,20H2. The molecule has 1 unspecified atom stereocenters. The minimum absolute atomic E-state index is 0.0370. The Morgan fingerprint density at radius 1 is 1.17 bits per heavy atom. The van der Waals surface area contributed by atoms with Crippen LogP contribution in [0.2, 0.25) is 0 Å². The highest BCUT2D eigenvalue weighted by Gasteiger charge is 2.24. The molecule has 2 aromatic carbocycles. The number of ether oxygens (including phenoxy) is 2. The molecule has 0 radical (unpaired) electrons. The summed E-state index contributed by atoms with van der Waals surface area (Å²) in [4.78, 5) is 23.7. The van der Waals surface area contributed by atoms with Crippen molar-refractivity contribution in [3.05, 3.63) is 65.2 Å². The highest BCUT2D eigenvalue weighted by atomic mass is 16.6. The third kappa shape index (κ3) is 3.81. The van der Waals surface area contributed by atoms with Gasteiger partial charge in [-0.1, -0.05) is 30.3 Å². The van der Waals surface area contributed by atoms with Gasteiger partial charge < -0.3 is 15.2 Å². The molecular weight excluding hydrogens is 306 g/mol. The maximum atomic E-state index is 12.0. The molecule has 0 amide bonds. The summed E-state index contributed by atoms with van der Waals surface area (Å²) in [6, 6.07) is 14.2. The highest BCUT2D eigenvalue weighted by Crippen LogP contribution is 2.25. The van der Waals surface area contributed by atoms with E-state index in [4.69, 9.17) is 15.2 Å². The number of esters is 1. The number of ketones is 1. The number of benzene rings is 2. The van der Waals surface area contributed by atoms with E-state index in [1.165, 1.54) is 0 Å². The number of aryl methyl sites for hydroxylation is 1. The van der Waals surface area contributed by atoms with Gasteiger partial charge in [-0.15, -0.1) is 0 Å². The first-order valence-electron chi connectivity index (χ1n) is 7.88. The number of Topliss-reactive ketones (excluding diaryl/α,β-unsaturated/α-hetero) is 1. The molecule has 0 fully saturated rings. The SMILES string of the molecule is NC1CCc2cc(OCC(=O)OCc3ccccc3)ccc2C1=O. The van der Waals surface area contributed by atoms with Crippen LogP contribution in [-0.2, 0) is 22.6 Å². The molecule has 2 aromatic rings. The zero-order chi connectivity index (χ0) is 16.9. The Morgan fingerprint density at radius 3 is 2.75 bits per heavy atom. The van der Waals surface area contributed by atoms with Gasteiger partial charge in [-0.25, -0.2) is 4.79 Å². The van der Waals surface area contributed by atoms with Gasteiger partial charge in [-0.2, -0.15) is 0 Å². The summed E-state index contributed by atoms with van der Waals surface area (Å²) in [5, 5.41) is 0. The molecular formula is C19H19NO4. The lowest BCUT2D eigenvalue weighted by Gasteiger charge is -2.20.